The molecule has 0 bridgehead atoms. The highest BCUT2D eigenvalue weighted by atomic mass is 16.2. The second-order valence-corrected chi connectivity index (χ2v) is 8.47. The van der Waals surface area contributed by atoms with Crippen LogP contribution in [0.3, 0.4) is 0 Å². The highest BCUT2D eigenvalue weighted by Gasteiger charge is 2.45. The number of benzene rings is 3. The van der Waals surface area contributed by atoms with E-state index in [-0.39, 0.29) is 11.8 Å². The first-order chi connectivity index (χ1) is 16.5. The van der Waals surface area contributed by atoms with Crippen molar-refractivity contribution in [2.24, 2.45) is 0 Å². The van der Waals surface area contributed by atoms with Crippen LogP contribution >= 0.6 is 0 Å². The second kappa shape index (κ2) is 8.41. The van der Waals surface area contributed by atoms with Crippen LogP contribution in [0.25, 0.3) is 11.0 Å². The van der Waals surface area contributed by atoms with Crippen molar-refractivity contribution in [3.8, 4) is 6.07 Å². The smallest absolute Gasteiger partial charge is 0.255 e. The number of aryl methyl sites for hydroxylation is 1. The summed E-state index contributed by atoms with van der Waals surface area (Å²) in [5.74, 6) is -0.553. The Morgan fingerprint density at radius 2 is 1.62 bits per heavy atom. The zero-order valence-electron chi connectivity index (χ0n) is 18.5. The van der Waals surface area contributed by atoms with E-state index in [0.717, 1.165) is 24.0 Å². The molecule has 1 aliphatic rings. The summed E-state index contributed by atoms with van der Waals surface area (Å²) in [6, 6.07) is 20.1. The molecule has 3 aromatic carbocycles. The molecule has 2 N–H and O–H groups in total. The lowest BCUT2D eigenvalue weighted by Gasteiger charge is -2.13. The number of anilines is 2. The number of carbonyl (C=O) groups is 2. The van der Waals surface area contributed by atoms with E-state index in [0.29, 0.717) is 33.5 Å². The summed E-state index contributed by atoms with van der Waals surface area (Å²) in [7, 11) is 0. The van der Waals surface area contributed by atoms with Crippen molar-refractivity contribution in [2.75, 3.05) is 10.6 Å². The molecule has 0 radical (unpaired) electrons. The Morgan fingerprint density at radius 1 is 0.882 bits per heavy atom. The number of fused-ring (bicyclic) bond motifs is 1. The summed E-state index contributed by atoms with van der Waals surface area (Å²) >= 11 is 0. The van der Waals surface area contributed by atoms with Gasteiger partial charge in [0.25, 0.3) is 11.8 Å². The zero-order chi connectivity index (χ0) is 23.7. The predicted octanol–water partition coefficient (Wildman–Crippen LogP) is 5.00. The van der Waals surface area contributed by atoms with Crippen molar-refractivity contribution < 1.29 is 9.59 Å². The van der Waals surface area contributed by atoms with Crippen molar-refractivity contribution >= 4 is 34.2 Å². The number of nitriles is 1. The minimum absolute atomic E-state index is 0.273. The fourth-order valence-electron chi connectivity index (χ4n) is 3.88. The molecular formula is C27H21N5O2. The van der Waals surface area contributed by atoms with Gasteiger partial charge in [0.1, 0.15) is 0 Å². The largest absolute Gasteiger partial charge is 0.322 e. The third kappa shape index (κ3) is 4.09. The molecule has 2 amide bonds. The fraction of sp³-hybridized carbons (Fsp3) is 0.148. The van der Waals surface area contributed by atoms with Gasteiger partial charge in [-0.05, 0) is 73.4 Å². The fourth-order valence-corrected chi connectivity index (χ4v) is 3.88. The van der Waals surface area contributed by atoms with Crippen LogP contribution in [0.1, 0.15) is 44.7 Å². The maximum atomic E-state index is 12.9. The van der Waals surface area contributed by atoms with Gasteiger partial charge in [0.2, 0.25) is 0 Å². The number of rotatable bonds is 5. The van der Waals surface area contributed by atoms with E-state index in [1.165, 1.54) is 0 Å². The normalized spacial score (nSPS) is 13.6. The average Bonchev–Trinajstić information content (AvgIpc) is 3.67. The van der Waals surface area contributed by atoms with E-state index in [9.17, 15) is 14.9 Å². The van der Waals surface area contributed by atoms with Crippen LogP contribution in [0.4, 0.5) is 11.4 Å². The number of nitrogens with zero attached hydrogens (tertiary/aromatic N) is 3. The first kappa shape index (κ1) is 21.3. The lowest BCUT2D eigenvalue weighted by Crippen LogP contribution is -2.15. The summed E-state index contributed by atoms with van der Waals surface area (Å²) in [5.41, 5.74) is 4.74. The van der Waals surface area contributed by atoms with Crippen LogP contribution in [0.15, 0.2) is 73.1 Å². The molecule has 7 heteroatoms. The van der Waals surface area contributed by atoms with E-state index < -0.39 is 5.41 Å². The highest BCUT2D eigenvalue weighted by molar-refractivity contribution is 6.07. The highest BCUT2D eigenvalue weighted by Crippen LogP contribution is 2.47. The molecular weight excluding hydrogens is 426 g/mol. The van der Waals surface area contributed by atoms with E-state index >= 15 is 0 Å². The summed E-state index contributed by atoms with van der Waals surface area (Å²) in [4.78, 5) is 34.2. The van der Waals surface area contributed by atoms with Gasteiger partial charge in [-0.15, -0.1) is 0 Å². The van der Waals surface area contributed by atoms with Crippen LogP contribution in [0.2, 0.25) is 0 Å². The van der Waals surface area contributed by atoms with Crippen molar-refractivity contribution in [1.82, 2.24) is 9.97 Å². The Kier molecular flexibility index (Phi) is 5.27. The first-order valence-corrected chi connectivity index (χ1v) is 10.9. The molecule has 5 rings (SSSR count). The molecule has 166 valence electrons. The van der Waals surface area contributed by atoms with E-state index in [1.54, 1.807) is 60.9 Å². The molecule has 1 fully saturated rings. The maximum absolute atomic E-state index is 12.9. The summed E-state index contributed by atoms with van der Waals surface area (Å²) in [5, 5.41) is 15.2. The molecule has 1 aromatic heterocycles. The molecule has 0 unspecified atom stereocenters. The number of aromatic nitrogens is 2. The second-order valence-electron chi connectivity index (χ2n) is 8.47. The first-order valence-electron chi connectivity index (χ1n) is 10.9. The molecule has 0 spiro atoms. The van der Waals surface area contributed by atoms with Crippen molar-refractivity contribution in [2.45, 2.75) is 25.2 Å². The zero-order valence-corrected chi connectivity index (χ0v) is 18.5. The molecule has 0 aliphatic heterocycles. The summed E-state index contributed by atoms with van der Waals surface area (Å²) < 4.78 is 0. The topological polar surface area (TPSA) is 108 Å². The van der Waals surface area contributed by atoms with Crippen molar-refractivity contribution in [1.29, 1.82) is 5.26 Å². The molecule has 34 heavy (non-hydrogen) atoms. The van der Waals surface area contributed by atoms with E-state index in [1.807, 2.05) is 19.1 Å². The van der Waals surface area contributed by atoms with Gasteiger partial charge >= 0.3 is 0 Å². The van der Waals surface area contributed by atoms with Crippen LogP contribution in [0.5, 0.6) is 0 Å². The molecule has 1 heterocycles. The van der Waals surface area contributed by atoms with Crippen LogP contribution in [-0.4, -0.2) is 21.8 Å². The standard InChI is InChI=1S/C27H21N5O2/c1-17-5-7-21(31-25(33)18-3-2-4-20(13-18)27(16-28)9-10-27)15-23(17)32-26(34)19-6-8-22-24(14-19)30-12-11-29-22/h2-8,11-15H,9-10H2,1H3,(H,31,33)(H,32,34). The molecule has 4 aromatic rings. The van der Waals surface area contributed by atoms with Gasteiger partial charge in [0, 0.05) is 34.9 Å². The predicted molar refractivity (Wildman–Crippen MR) is 130 cm³/mol. The Balaban J connectivity index is 1.33. The molecule has 0 saturated heterocycles. The molecule has 7 nitrogen and oxygen atoms in total. The monoisotopic (exact) mass is 447 g/mol. The number of hydrogen-bond acceptors (Lipinski definition) is 5. The number of nitrogens with one attached hydrogen (secondary N) is 2. The number of carbonyl (C=O) groups excluding carboxylic acids is 2. The number of amides is 2. The maximum Gasteiger partial charge on any atom is 0.255 e. The average molecular weight is 447 g/mol. The van der Waals surface area contributed by atoms with Gasteiger partial charge in [0.15, 0.2) is 0 Å². The van der Waals surface area contributed by atoms with E-state index in [2.05, 4.69) is 26.7 Å². The minimum Gasteiger partial charge on any atom is -0.322 e. The third-order valence-corrected chi connectivity index (χ3v) is 6.12. The molecule has 1 saturated carbocycles. The summed E-state index contributed by atoms with van der Waals surface area (Å²) in [6.45, 7) is 1.88. The van der Waals surface area contributed by atoms with Gasteiger partial charge in [0.05, 0.1) is 22.5 Å². The quantitative estimate of drug-likeness (QED) is 0.448. The Morgan fingerprint density at radius 3 is 2.38 bits per heavy atom. The van der Waals surface area contributed by atoms with Gasteiger partial charge in [-0.3, -0.25) is 19.6 Å². The lowest BCUT2D eigenvalue weighted by atomic mass is 9.96. The van der Waals surface area contributed by atoms with Crippen LogP contribution < -0.4 is 10.6 Å². The summed E-state index contributed by atoms with van der Waals surface area (Å²) in [6.07, 6.45) is 4.83. The van der Waals surface area contributed by atoms with Gasteiger partial charge in [-0.25, -0.2) is 0 Å². The van der Waals surface area contributed by atoms with Gasteiger partial charge in [-0.1, -0.05) is 18.2 Å². The Labute approximate surface area is 196 Å². The van der Waals surface area contributed by atoms with E-state index in [4.69, 9.17) is 0 Å². The van der Waals surface area contributed by atoms with Gasteiger partial charge in [-0.2, -0.15) is 5.26 Å². The Bertz CT molecular complexity index is 1480. The third-order valence-electron chi connectivity index (χ3n) is 6.12. The Hall–Kier alpha value is -4.57. The molecule has 1 aliphatic carbocycles. The van der Waals surface area contributed by atoms with Crippen molar-refractivity contribution in [3.05, 3.63) is 95.3 Å². The van der Waals surface area contributed by atoms with Crippen LogP contribution in [0, 0.1) is 18.3 Å². The number of hydrogen-bond donors (Lipinski definition) is 2. The lowest BCUT2D eigenvalue weighted by molar-refractivity contribution is 0.101. The van der Waals surface area contributed by atoms with Crippen molar-refractivity contribution in [3.63, 3.8) is 0 Å². The minimum atomic E-state index is -0.452. The van der Waals surface area contributed by atoms with Gasteiger partial charge < -0.3 is 10.6 Å². The SMILES string of the molecule is Cc1ccc(NC(=O)c2cccc(C3(C#N)CC3)c2)cc1NC(=O)c1ccc2nccnc2c1. The molecule has 0 atom stereocenters. The van der Waals surface area contributed by atoms with Crippen LogP contribution in [-0.2, 0) is 5.41 Å².